The number of anilines is 1. The average Bonchev–Trinajstić information content (AvgIpc) is 2.74. The number of halogens is 1. The molecule has 1 aromatic heterocycles. The zero-order valence-electron chi connectivity index (χ0n) is 7.92. The normalized spacial score (nSPS) is 21.5. The molecule has 1 N–H and O–H groups in total. The molecule has 1 saturated heterocycles. The first-order chi connectivity index (χ1) is 7.13. The molecule has 1 aromatic rings. The number of amides is 2. The molecule has 0 saturated carbocycles. The van der Waals surface area contributed by atoms with Crippen molar-refractivity contribution in [1.82, 2.24) is 15.1 Å². The van der Waals surface area contributed by atoms with Gasteiger partial charge < -0.3 is 10.0 Å². The molecule has 0 radical (unpaired) electrons. The van der Waals surface area contributed by atoms with Gasteiger partial charge >= 0.3 is 6.03 Å². The SMILES string of the molecule is CN1CC(O)N(c2nnc(CCl)s2)C1=O. The minimum atomic E-state index is -0.862. The Morgan fingerprint density at radius 2 is 2.40 bits per heavy atom. The Hall–Kier alpha value is -0.920. The van der Waals surface area contributed by atoms with Crippen LogP contribution in [-0.4, -0.2) is 46.1 Å². The number of carbonyl (C=O) groups is 1. The molecule has 1 fully saturated rings. The van der Waals surface area contributed by atoms with E-state index in [2.05, 4.69) is 10.2 Å². The Kier molecular flexibility index (Phi) is 2.76. The first-order valence-corrected chi connectivity index (χ1v) is 5.59. The van der Waals surface area contributed by atoms with E-state index in [1.165, 1.54) is 21.1 Å². The van der Waals surface area contributed by atoms with Gasteiger partial charge in [0.25, 0.3) is 0 Å². The third-order valence-corrected chi connectivity index (χ3v) is 3.38. The van der Waals surface area contributed by atoms with Gasteiger partial charge in [-0.1, -0.05) is 11.3 Å². The minimum absolute atomic E-state index is 0.256. The Balaban J connectivity index is 2.26. The highest BCUT2D eigenvalue weighted by molar-refractivity contribution is 7.15. The molecule has 0 aromatic carbocycles. The van der Waals surface area contributed by atoms with E-state index in [1.54, 1.807) is 7.05 Å². The van der Waals surface area contributed by atoms with E-state index in [9.17, 15) is 9.90 Å². The van der Waals surface area contributed by atoms with E-state index in [-0.39, 0.29) is 18.5 Å². The lowest BCUT2D eigenvalue weighted by molar-refractivity contribution is 0.183. The quantitative estimate of drug-likeness (QED) is 0.773. The predicted octanol–water partition coefficient (Wildman–Crippen LogP) is 0.467. The Morgan fingerprint density at radius 1 is 1.67 bits per heavy atom. The van der Waals surface area contributed by atoms with Crippen molar-refractivity contribution in [1.29, 1.82) is 0 Å². The largest absolute Gasteiger partial charge is 0.371 e. The highest BCUT2D eigenvalue weighted by atomic mass is 35.5. The number of aliphatic hydroxyl groups excluding tert-OH is 1. The number of rotatable bonds is 2. The van der Waals surface area contributed by atoms with Crippen LogP contribution in [0.1, 0.15) is 5.01 Å². The van der Waals surface area contributed by atoms with Crippen molar-refractivity contribution in [3.05, 3.63) is 5.01 Å². The van der Waals surface area contributed by atoms with Crippen LogP contribution >= 0.6 is 22.9 Å². The molecule has 2 amide bonds. The third-order valence-electron chi connectivity index (χ3n) is 2.04. The van der Waals surface area contributed by atoms with Crippen LogP contribution < -0.4 is 4.90 Å². The highest BCUT2D eigenvalue weighted by Gasteiger charge is 2.36. The predicted molar refractivity (Wildman–Crippen MR) is 56.0 cm³/mol. The van der Waals surface area contributed by atoms with E-state index in [0.717, 1.165) is 0 Å². The number of aromatic nitrogens is 2. The summed E-state index contributed by atoms with van der Waals surface area (Å²) in [6, 6.07) is -0.278. The zero-order valence-corrected chi connectivity index (χ0v) is 9.49. The fourth-order valence-electron chi connectivity index (χ4n) is 1.32. The van der Waals surface area contributed by atoms with E-state index >= 15 is 0 Å². The zero-order chi connectivity index (χ0) is 11.0. The number of aliphatic hydroxyl groups is 1. The molecule has 1 aliphatic rings. The van der Waals surface area contributed by atoms with Gasteiger partial charge in [-0.2, -0.15) is 0 Å². The number of nitrogens with zero attached hydrogens (tertiary/aromatic N) is 4. The first kappa shape index (κ1) is 10.6. The van der Waals surface area contributed by atoms with Gasteiger partial charge in [0.2, 0.25) is 5.13 Å². The third kappa shape index (κ3) is 1.77. The van der Waals surface area contributed by atoms with Crippen molar-refractivity contribution in [3.63, 3.8) is 0 Å². The summed E-state index contributed by atoms with van der Waals surface area (Å²) in [5.74, 6) is 0.256. The molecule has 1 aliphatic heterocycles. The number of hydrogen-bond donors (Lipinski definition) is 1. The highest BCUT2D eigenvalue weighted by Crippen LogP contribution is 2.26. The lowest BCUT2D eigenvalue weighted by atomic mass is 10.5. The Morgan fingerprint density at radius 3 is 2.87 bits per heavy atom. The van der Waals surface area contributed by atoms with Gasteiger partial charge in [-0.15, -0.1) is 21.8 Å². The van der Waals surface area contributed by atoms with E-state index in [1.807, 2.05) is 0 Å². The van der Waals surface area contributed by atoms with Crippen LogP contribution in [0, 0.1) is 0 Å². The fraction of sp³-hybridized carbons (Fsp3) is 0.571. The molecule has 6 nitrogen and oxygen atoms in total. The summed E-state index contributed by atoms with van der Waals surface area (Å²) in [7, 11) is 1.62. The number of urea groups is 1. The molecule has 2 rings (SSSR count). The standard InChI is InChI=1S/C7H9ClN4O2S/c1-11-3-5(13)12(7(11)14)6-10-9-4(2-8)15-6/h5,13H,2-3H2,1H3. The molecular formula is C7H9ClN4O2S. The van der Waals surface area contributed by atoms with Gasteiger partial charge in [0, 0.05) is 7.05 Å². The van der Waals surface area contributed by atoms with Gasteiger partial charge in [0.15, 0.2) is 6.23 Å². The molecule has 15 heavy (non-hydrogen) atoms. The van der Waals surface area contributed by atoms with Gasteiger partial charge in [0.1, 0.15) is 5.01 Å². The summed E-state index contributed by atoms with van der Waals surface area (Å²) in [6.45, 7) is 0.272. The lowest BCUT2D eigenvalue weighted by Crippen LogP contribution is -2.34. The molecule has 0 bridgehead atoms. The summed E-state index contributed by atoms with van der Waals surface area (Å²) in [5.41, 5.74) is 0. The smallest absolute Gasteiger partial charge is 0.328 e. The number of alkyl halides is 1. The number of hydrogen-bond acceptors (Lipinski definition) is 5. The molecule has 1 atom stereocenters. The summed E-state index contributed by atoms with van der Waals surface area (Å²) in [4.78, 5) is 14.3. The second kappa shape index (κ2) is 3.92. The summed E-state index contributed by atoms with van der Waals surface area (Å²) in [5, 5.41) is 18.2. The van der Waals surface area contributed by atoms with Gasteiger partial charge in [-0.3, -0.25) is 0 Å². The van der Waals surface area contributed by atoms with Crippen LogP contribution in [0.4, 0.5) is 9.93 Å². The van der Waals surface area contributed by atoms with Crippen LogP contribution in [0.5, 0.6) is 0 Å². The van der Waals surface area contributed by atoms with Crippen LogP contribution in [0.15, 0.2) is 0 Å². The summed E-state index contributed by atoms with van der Waals surface area (Å²) < 4.78 is 0. The molecule has 82 valence electrons. The first-order valence-electron chi connectivity index (χ1n) is 4.24. The molecule has 0 spiro atoms. The van der Waals surface area contributed by atoms with Crippen molar-refractivity contribution in [2.45, 2.75) is 12.1 Å². The van der Waals surface area contributed by atoms with Crippen LogP contribution in [0.25, 0.3) is 0 Å². The van der Waals surface area contributed by atoms with Crippen molar-refractivity contribution in [2.24, 2.45) is 0 Å². The van der Waals surface area contributed by atoms with E-state index < -0.39 is 6.23 Å². The maximum absolute atomic E-state index is 11.6. The number of β-amino-alcohol motifs (C(OH)–C–C–N with tert-alkyl or cyclic N) is 1. The Bertz CT molecular complexity index is 385. The Labute approximate surface area is 95.1 Å². The maximum atomic E-state index is 11.6. The van der Waals surface area contributed by atoms with Gasteiger partial charge in [-0.25, -0.2) is 9.69 Å². The van der Waals surface area contributed by atoms with Crippen LogP contribution in [0.3, 0.4) is 0 Å². The summed E-state index contributed by atoms with van der Waals surface area (Å²) >= 11 is 6.78. The van der Waals surface area contributed by atoms with Crippen molar-refractivity contribution in [2.75, 3.05) is 18.5 Å². The second-order valence-electron chi connectivity index (χ2n) is 3.13. The molecule has 2 heterocycles. The lowest BCUT2D eigenvalue weighted by Gasteiger charge is -2.14. The van der Waals surface area contributed by atoms with Crippen molar-refractivity contribution >= 4 is 34.1 Å². The number of likely N-dealkylation sites (N-methyl/N-ethyl adjacent to an activating group) is 1. The minimum Gasteiger partial charge on any atom is -0.371 e. The van der Waals surface area contributed by atoms with Gasteiger partial charge in [0.05, 0.1) is 12.4 Å². The van der Waals surface area contributed by atoms with Gasteiger partial charge in [-0.05, 0) is 0 Å². The number of carbonyl (C=O) groups excluding carboxylic acids is 1. The summed E-state index contributed by atoms with van der Waals surface area (Å²) in [6.07, 6.45) is -0.862. The van der Waals surface area contributed by atoms with Crippen molar-refractivity contribution < 1.29 is 9.90 Å². The average molecular weight is 249 g/mol. The van der Waals surface area contributed by atoms with E-state index in [4.69, 9.17) is 11.6 Å². The fourth-order valence-corrected chi connectivity index (χ4v) is 2.27. The monoisotopic (exact) mass is 248 g/mol. The topological polar surface area (TPSA) is 69.6 Å². The maximum Gasteiger partial charge on any atom is 0.328 e. The molecule has 8 heteroatoms. The van der Waals surface area contributed by atoms with E-state index in [0.29, 0.717) is 10.1 Å². The molecule has 0 aliphatic carbocycles. The van der Waals surface area contributed by atoms with Crippen molar-refractivity contribution in [3.8, 4) is 0 Å². The van der Waals surface area contributed by atoms with Crippen LogP contribution in [-0.2, 0) is 5.88 Å². The molecule has 1 unspecified atom stereocenters. The molecular weight excluding hydrogens is 240 g/mol. The second-order valence-corrected chi connectivity index (χ2v) is 4.43. The van der Waals surface area contributed by atoms with Crippen LogP contribution in [0.2, 0.25) is 0 Å².